The summed E-state index contributed by atoms with van der Waals surface area (Å²) in [4.78, 5) is 18.3. The lowest BCUT2D eigenvalue weighted by Gasteiger charge is -2.31. The second-order valence-corrected chi connectivity index (χ2v) is 10.0. The van der Waals surface area contributed by atoms with E-state index in [0.717, 1.165) is 35.5 Å². The zero-order chi connectivity index (χ0) is 27.8. The van der Waals surface area contributed by atoms with E-state index in [0.29, 0.717) is 34.7 Å². The molecule has 0 radical (unpaired) electrons. The molecule has 0 aliphatic heterocycles. The highest BCUT2D eigenvalue weighted by atomic mass is 16.2. The molecule has 11 nitrogen and oxygen atoms in total. The Morgan fingerprint density at radius 3 is 2.28 bits per heavy atom. The van der Waals surface area contributed by atoms with E-state index in [1.54, 1.807) is 24.3 Å². The number of hydrogen-bond donors (Lipinski definition) is 3. The molecule has 0 atom stereocenters. The molecule has 0 aliphatic rings. The summed E-state index contributed by atoms with van der Waals surface area (Å²) in [5.41, 5.74) is 14.0. The third-order valence-electron chi connectivity index (χ3n) is 5.88. The van der Waals surface area contributed by atoms with Gasteiger partial charge in [0, 0.05) is 34.9 Å². The van der Waals surface area contributed by atoms with Gasteiger partial charge in [0.25, 0.3) is 0 Å². The Morgan fingerprint density at radius 2 is 1.67 bits per heavy atom. The van der Waals surface area contributed by atoms with Crippen molar-refractivity contribution in [1.82, 2.24) is 20.6 Å². The summed E-state index contributed by atoms with van der Waals surface area (Å²) in [5, 5.41) is 23.9. The summed E-state index contributed by atoms with van der Waals surface area (Å²) < 4.78 is 0. The van der Waals surface area contributed by atoms with Gasteiger partial charge in [-0.1, -0.05) is 75.3 Å². The number of azide groups is 1. The van der Waals surface area contributed by atoms with Crippen LogP contribution in [0.1, 0.15) is 27.7 Å². The number of tetrazole rings is 1. The van der Waals surface area contributed by atoms with Crippen LogP contribution in [0.2, 0.25) is 0 Å². The smallest absolute Gasteiger partial charge is 0.323 e. The van der Waals surface area contributed by atoms with Crippen LogP contribution in [-0.2, 0) is 0 Å². The van der Waals surface area contributed by atoms with Crippen molar-refractivity contribution in [2.24, 2.45) is 17.0 Å². The SMILES string of the molecule is CC(C)CN(CC(C)C)c1ccc(-c2ccccc2-c2nnn[nH]2)cc1NC(=O)Nc1ccc(N=[N+]=[N-])cc1. The maximum absolute atomic E-state index is 13.2. The zero-order valence-electron chi connectivity index (χ0n) is 22.5. The van der Waals surface area contributed by atoms with Crippen LogP contribution >= 0.6 is 0 Å². The lowest BCUT2D eigenvalue weighted by Crippen LogP contribution is -2.32. The van der Waals surface area contributed by atoms with Gasteiger partial charge in [-0.3, -0.25) is 0 Å². The molecule has 3 N–H and O–H groups in total. The average Bonchev–Trinajstić information content (AvgIpc) is 3.44. The molecule has 3 aromatic carbocycles. The first-order chi connectivity index (χ1) is 18.8. The average molecular weight is 525 g/mol. The molecule has 0 bridgehead atoms. The van der Waals surface area contributed by atoms with Gasteiger partial charge in [-0.05, 0) is 63.2 Å². The summed E-state index contributed by atoms with van der Waals surface area (Å²) in [6.45, 7) is 10.4. The van der Waals surface area contributed by atoms with E-state index in [2.05, 4.69) is 86.0 Å². The number of hydrogen-bond acceptors (Lipinski definition) is 6. The molecule has 0 spiro atoms. The summed E-state index contributed by atoms with van der Waals surface area (Å²) in [6.07, 6.45) is 0. The number of urea groups is 1. The van der Waals surface area contributed by atoms with Crippen LogP contribution in [0.4, 0.5) is 27.5 Å². The molecular formula is C28H32N10O. The van der Waals surface area contributed by atoms with Crippen LogP contribution in [0.15, 0.2) is 71.8 Å². The summed E-state index contributed by atoms with van der Waals surface area (Å²) >= 11 is 0. The van der Waals surface area contributed by atoms with Gasteiger partial charge in [0.1, 0.15) is 0 Å². The normalized spacial score (nSPS) is 10.8. The predicted octanol–water partition coefficient (Wildman–Crippen LogP) is 7.24. The van der Waals surface area contributed by atoms with Crippen LogP contribution < -0.4 is 15.5 Å². The minimum Gasteiger partial charge on any atom is -0.369 e. The fourth-order valence-corrected chi connectivity index (χ4v) is 4.39. The number of carbonyl (C=O) groups excluding carboxylic acids is 1. The summed E-state index contributed by atoms with van der Waals surface area (Å²) in [5.74, 6) is 1.42. The maximum atomic E-state index is 13.2. The van der Waals surface area contributed by atoms with E-state index in [9.17, 15) is 4.79 Å². The number of aromatic amines is 1. The highest BCUT2D eigenvalue weighted by molar-refractivity contribution is 6.02. The standard InChI is InChI=1S/C28H32N10O/c1-18(2)16-38(17-19(3)4)26-14-9-20(23-7-5-6-8-24(23)27-33-36-37-34-27)15-25(26)31-28(39)30-21-10-12-22(13-11-21)32-35-29/h5-15,18-19H,16-17H2,1-4H3,(H2,30,31,39)(H,33,34,36,37). The highest BCUT2D eigenvalue weighted by Gasteiger charge is 2.18. The van der Waals surface area contributed by atoms with Gasteiger partial charge < -0.3 is 15.5 Å². The molecule has 0 fully saturated rings. The van der Waals surface area contributed by atoms with Crippen molar-refractivity contribution in [1.29, 1.82) is 0 Å². The van der Waals surface area contributed by atoms with Crippen molar-refractivity contribution >= 4 is 28.8 Å². The number of rotatable bonds is 10. The van der Waals surface area contributed by atoms with Crippen LogP contribution in [-0.4, -0.2) is 39.7 Å². The van der Waals surface area contributed by atoms with Crippen LogP contribution in [0.5, 0.6) is 0 Å². The molecule has 11 heteroatoms. The first-order valence-electron chi connectivity index (χ1n) is 12.8. The summed E-state index contributed by atoms with van der Waals surface area (Å²) in [7, 11) is 0. The fraction of sp³-hybridized carbons (Fsp3) is 0.286. The predicted molar refractivity (Wildman–Crippen MR) is 155 cm³/mol. The van der Waals surface area contributed by atoms with Crippen molar-refractivity contribution in [3.8, 4) is 22.5 Å². The highest BCUT2D eigenvalue weighted by Crippen LogP contribution is 2.36. The number of aromatic nitrogens is 4. The Bertz CT molecular complexity index is 1430. The number of benzene rings is 3. The summed E-state index contributed by atoms with van der Waals surface area (Å²) in [6, 6.07) is 20.2. The van der Waals surface area contributed by atoms with Gasteiger partial charge in [-0.2, -0.15) is 0 Å². The van der Waals surface area contributed by atoms with E-state index >= 15 is 0 Å². The fourth-order valence-electron chi connectivity index (χ4n) is 4.39. The number of nitrogens with one attached hydrogen (secondary N) is 3. The molecule has 0 aliphatic carbocycles. The number of carbonyl (C=O) groups is 1. The third kappa shape index (κ3) is 7.12. The number of H-pyrrole nitrogens is 1. The molecule has 0 saturated heterocycles. The van der Waals surface area contributed by atoms with Crippen molar-refractivity contribution < 1.29 is 4.79 Å². The van der Waals surface area contributed by atoms with E-state index in [1.165, 1.54) is 0 Å². The number of nitrogens with zero attached hydrogens (tertiary/aromatic N) is 7. The lowest BCUT2D eigenvalue weighted by atomic mass is 9.97. The van der Waals surface area contributed by atoms with Gasteiger partial charge in [0.15, 0.2) is 5.82 Å². The molecule has 2 amide bonds. The van der Waals surface area contributed by atoms with E-state index in [4.69, 9.17) is 5.53 Å². The Kier molecular flexibility index (Phi) is 8.75. The monoisotopic (exact) mass is 524 g/mol. The maximum Gasteiger partial charge on any atom is 0.323 e. The second-order valence-electron chi connectivity index (χ2n) is 10.0. The molecule has 0 saturated carbocycles. The zero-order valence-corrected chi connectivity index (χ0v) is 22.5. The van der Waals surface area contributed by atoms with Gasteiger partial charge in [0.2, 0.25) is 0 Å². The molecular weight excluding hydrogens is 492 g/mol. The molecule has 1 heterocycles. The van der Waals surface area contributed by atoms with E-state index < -0.39 is 0 Å². The molecule has 39 heavy (non-hydrogen) atoms. The van der Waals surface area contributed by atoms with Gasteiger partial charge >= 0.3 is 6.03 Å². The van der Waals surface area contributed by atoms with Crippen molar-refractivity contribution in [3.63, 3.8) is 0 Å². The first-order valence-corrected chi connectivity index (χ1v) is 12.8. The first kappa shape index (κ1) is 27.2. The van der Waals surface area contributed by atoms with Gasteiger partial charge in [-0.15, -0.1) is 5.10 Å². The Morgan fingerprint density at radius 1 is 0.974 bits per heavy atom. The van der Waals surface area contributed by atoms with Gasteiger partial charge in [0.05, 0.1) is 11.4 Å². The van der Waals surface area contributed by atoms with Crippen LogP contribution in [0.3, 0.4) is 0 Å². The Hall–Kier alpha value is -4.89. The minimum absolute atomic E-state index is 0.383. The number of anilines is 3. The van der Waals surface area contributed by atoms with Crippen molar-refractivity contribution in [3.05, 3.63) is 77.2 Å². The topological polar surface area (TPSA) is 148 Å². The lowest BCUT2D eigenvalue weighted by molar-refractivity contribution is 0.262. The van der Waals surface area contributed by atoms with Crippen molar-refractivity contribution in [2.45, 2.75) is 27.7 Å². The van der Waals surface area contributed by atoms with E-state index in [-0.39, 0.29) is 6.03 Å². The third-order valence-corrected chi connectivity index (χ3v) is 5.88. The second kappa shape index (κ2) is 12.6. The largest absolute Gasteiger partial charge is 0.369 e. The van der Waals surface area contributed by atoms with Gasteiger partial charge in [-0.25, -0.2) is 9.89 Å². The molecule has 200 valence electrons. The number of amides is 2. The molecule has 1 aromatic heterocycles. The minimum atomic E-state index is -0.383. The van der Waals surface area contributed by atoms with Crippen molar-refractivity contribution in [2.75, 3.05) is 28.6 Å². The van der Waals surface area contributed by atoms with E-state index in [1.807, 2.05) is 30.3 Å². The quantitative estimate of drug-likeness (QED) is 0.114. The van der Waals surface area contributed by atoms with Crippen LogP contribution in [0.25, 0.3) is 33.0 Å². The molecule has 4 aromatic rings. The molecule has 4 rings (SSSR count). The Labute approximate surface area is 227 Å². The Balaban J connectivity index is 1.71. The molecule has 0 unspecified atom stereocenters. The van der Waals surface area contributed by atoms with Crippen LogP contribution in [0, 0.1) is 11.8 Å².